The molecule has 0 aliphatic carbocycles. The van der Waals surface area contributed by atoms with Crippen molar-refractivity contribution >= 4 is 5.91 Å². The summed E-state index contributed by atoms with van der Waals surface area (Å²) in [5.74, 6) is 1.08. The molecular weight excluding hydrogens is 330 g/mol. The van der Waals surface area contributed by atoms with E-state index >= 15 is 0 Å². The van der Waals surface area contributed by atoms with Crippen LogP contribution in [0.25, 0.3) is 0 Å². The van der Waals surface area contributed by atoms with Crippen molar-refractivity contribution in [2.75, 3.05) is 20.8 Å². The van der Waals surface area contributed by atoms with Gasteiger partial charge in [-0.05, 0) is 35.7 Å². The first-order valence-electron chi connectivity index (χ1n) is 8.83. The lowest BCUT2D eigenvalue weighted by atomic mass is 10.1. The summed E-state index contributed by atoms with van der Waals surface area (Å²) in [6.45, 7) is 3.79. The summed E-state index contributed by atoms with van der Waals surface area (Å²) in [5, 5.41) is 2.92. The lowest BCUT2D eigenvalue weighted by Crippen LogP contribution is -2.22. The summed E-state index contributed by atoms with van der Waals surface area (Å²) in [7, 11) is 3.24. The Kier molecular flexibility index (Phi) is 7.96. The van der Waals surface area contributed by atoms with Crippen molar-refractivity contribution in [3.63, 3.8) is 0 Å². The molecule has 1 N–H and O–H groups in total. The Hall–Kier alpha value is -2.53. The number of unbranched alkanes of at least 4 members (excludes halogenated alkanes) is 1. The number of amides is 1. The summed E-state index contributed by atoms with van der Waals surface area (Å²) in [6.07, 6.45) is 2.05. The highest BCUT2D eigenvalue weighted by atomic mass is 16.5. The van der Waals surface area contributed by atoms with Gasteiger partial charge in [0.2, 0.25) is 0 Å². The molecule has 2 aromatic rings. The van der Waals surface area contributed by atoms with Crippen LogP contribution >= 0.6 is 0 Å². The summed E-state index contributed by atoms with van der Waals surface area (Å²) < 4.78 is 16.1. The fourth-order valence-corrected chi connectivity index (χ4v) is 2.46. The van der Waals surface area contributed by atoms with E-state index in [0.29, 0.717) is 36.8 Å². The maximum atomic E-state index is 12.4. The predicted octanol–water partition coefficient (Wildman–Crippen LogP) is 3.95. The first-order chi connectivity index (χ1) is 12.7. The molecule has 2 rings (SSSR count). The summed E-state index contributed by atoms with van der Waals surface area (Å²) in [6, 6.07) is 13.2. The highest BCUT2D eigenvalue weighted by Crippen LogP contribution is 2.28. The van der Waals surface area contributed by atoms with Crippen molar-refractivity contribution in [1.29, 1.82) is 0 Å². The van der Waals surface area contributed by atoms with Crippen LogP contribution in [-0.4, -0.2) is 26.7 Å². The predicted molar refractivity (Wildman–Crippen MR) is 102 cm³/mol. The van der Waals surface area contributed by atoms with E-state index in [9.17, 15) is 4.79 Å². The van der Waals surface area contributed by atoms with Crippen LogP contribution in [0.3, 0.4) is 0 Å². The molecule has 0 saturated heterocycles. The molecule has 0 heterocycles. The number of rotatable bonds is 10. The largest absolute Gasteiger partial charge is 0.493 e. The maximum absolute atomic E-state index is 12.4. The first kappa shape index (κ1) is 19.8. The van der Waals surface area contributed by atoms with Crippen molar-refractivity contribution < 1.29 is 19.0 Å². The number of methoxy groups -OCH3 is 2. The van der Waals surface area contributed by atoms with Crippen molar-refractivity contribution in [1.82, 2.24) is 5.32 Å². The molecule has 0 spiro atoms. The van der Waals surface area contributed by atoms with E-state index in [1.54, 1.807) is 32.4 Å². The number of nitrogens with one attached hydrogen (secondary N) is 1. The Morgan fingerprint density at radius 3 is 2.38 bits per heavy atom. The van der Waals surface area contributed by atoms with Crippen molar-refractivity contribution in [3.8, 4) is 11.5 Å². The second-order valence-electron chi connectivity index (χ2n) is 6.00. The van der Waals surface area contributed by atoms with E-state index in [2.05, 4.69) is 12.2 Å². The van der Waals surface area contributed by atoms with Crippen molar-refractivity contribution in [2.45, 2.75) is 32.9 Å². The molecule has 0 saturated carbocycles. The van der Waals surface area contributed by atoms with Gasteiger partial charge in [-0.2, -0.15) is 0 Å². The third kappa shape index (κ3) is 5.77. The summed E-state index contributed by atoms with van der Waals surface area (Å²) >= 11 is 0. The SMILES string of the molecule is CCCCOc1ccc(C(=O)NCc2ccc(COC)cc2)cc1OC. The molecule has 0 unspecified atom stereocenters. The van der Waals surface area contributed by atoms with Crippen molar-refractivity contribution in [2.24, 2.45) is 0 Å². The number of ether oxygens (including phenoxy) is 3. The zero-order valence-corrected chi connectivity index (χ0v) is 15.7. The highest BCUT2D eigenvalue weighted by molar-refractivity contribution is 5.94. The Morgan fingerprint density at radius 2 is 1.73 bits per heavy atom. The van der Waals surface area contributed by atoms with E-state index in [1.807, 2.05) is 24.3 Å². The fourth-order valence-electron chi connectivity index (χ4n) is 2.46. The fraction of sp³-hybridized carbons (Fsp3) is 0.381. The molecule has 0 bridgehead atoms. The van der Waals surface area contributed by atoms with Crippen LogP contribution in [0.4, 0.5) is 0 Å². The molecular formula is C21H27NO4. The zero-order chi connectivity index (χ0) is 18.8. The molecule has 5 nitrogen and oxygen atoms in total. The minimum Gasteiger partial charge on any atom is -0.493 e. The van der Waals surface area contributed by atoms with Gasteiger partial charge in [0.1, 0.15) is 0 Å². The van der Waals surface area contributed by atoms with Gasteiger partial charge in [0.15, 0.2) is 11.5 Å². The normalized spacial score (nSPS) is 10.4. The smallest absolute Gasteiger partial charge is 0.251 e. The van der Waals surface area contributed by atoms with Crippen LogP contribution in [-0.2, 0) is 17.9 Å². The second-order valence-corrected chi connectivity index (χ2v) is 6.00. The highest BCUT2D eigenvalue weighted by Gasteiger charge is 2.11. The molecule has 26 heavy (non-hydrogen) atoms. The molecule has 1 amide bonds. The average Bonchev–Trinajstić information content (AvgIpc) is 2.67. The Morgan fingerprint density at radius 1 is 1.00 bits per heavy atom. The molecule has 0 aromatic heterocycles. The molecule has 140 valence electrons. The minimum absolute atomic E-state index is 0.149. The Bertz CT molecular complexity index is 698. The van der Waals surface area contributed by atoms with Crippen LogP contribution in [0.1, 0.15) is 41.3 Å². The Balaban J connectivity index is 1.95. The third-order valence-electron chi connectivity index (χ3n) is 3.97. The number of hydrogen-bond acceptors (Lipinski definition) is 4. The van der Waals surface area contributed by atoms with E-state index < -0.39 is 0 Å². The van der Waals surface area contributed by atoms with E-state index in [4.69, 9.17) is 14.2 Å². The van der Waals surface area contributed by atoms with E-state index in [0.717, 1.165) is 24.0 Å². The van der Waals surface area contributed by atoms with Gasteiger partial charge in [0, 0.05) is 19.2 Å². The van der Waals surface area contributed by atoms with Gasteiger partial charge in [-0.3, -0.25) is 4.79 Å². The maximum Gasteiger partial charge on any atom is 0.251 e. The van der Waals surface area contributed by atoms with Gasteiger partial charge in [-0.25, -0.2) is 0 Å². The quantitative estimate of drug-likeness (QED) is 0.654. The van der Waals surface area contributed by atoms with Gasteiger partial charge in [-0.15, -0.1) is 0 Å². The van der Waals surface area contributed by atoms with Crippen LogP contribution in [0, 0.1) is 0 Å². The van der Waals surface area contributed by atoms with Crippen molar-refractivity contribution in [3.05, 3.63) is 59.2 Å². The van der Waals surface area contributed by atoms with E-state index in [-0.39, 0.29) is 5.91 Å². The first-order valence-corrected chi connectivity index (χ1v) is 8.83. The van der Waals surface area contributed by atoms with Gasteiger partial charge < -0.3 is 19.5 Å². The Labute approximate surface area is 155 Å². The number of carbonyl (C=O) groups is 1. The molecule has 0 aliphatic rings. The van der Waals surface area contributed by atoms with Crippen LogP contribution in [0.5, 0.6) is 11.5 Å². The number of hydrogen-bond donors (Lipinski definition) is 1. The molecule has 0 aliphatic heterocycles. The van der Waals surface area contributed by atoms with Gasteiger partial charge in [-0.1, -0.05) is 37.6 Å². The summed E-state index contributed by atoms with van der Waals surface area (Å²) in [5.41, 5.74) is 2.68. The summed E-state index contributed by atoms with van der Waals surface area (Å²) in [4.78, 5) is 12.4. The number of benzene rings is 2. The van der Waals surface area contributed by atoms with Crippen LogP contribution in [0.15, 0.2) is 42.5 Å². The molecule has 2 aromatic carbocycles. The lowest BCUT2D eigenvalue weighted by Gasteiger charge is -2.12. The van der Waals surface area contributed by atoms with E-state index in [1.165, 1.54) is 0 Å². The number of carbonyl (C=O) groups excluding carboxylic acids is 1. The second kappa shape index (κ2) is 10.5. The van der Waals surface area contributed by atoms with Crippen LogP contribution in [0.2, 0.25) is 0 Å². The molecule has 0 atom stereocenters. The standard InChI is InChI=1S/C21H27NO4/c1-4-5-12-26-19-11-10-18(13-20(19)25-3)21(23)22-14-16-6-8-17(9-7-16)15-24-2/h6-11,13H,4-5,12,14-15H2,1-3H3,(H,22,23). The minimum atomic E-state index is -0.149. The van der Waals surface area contributed by atoms with Gasteiger partial charge in [0.25, 0.3) is 5.91 Å². The molecule has 5 heteroatoms. The average molecular weight is 357 g/mol. The van der Waals surface area contributed by atoms with Gasteiger partial charge in [0.05, 0.1) is 20.3 Å². The molecule has 0 radical (unpaired) electrons. The third-order valence-corrected chi connectivity index (χ3v) is 3.97. The monoisotopic (exact) mass is 357 g/mol. The van der Waals surface area contributed by atoms with Crippen LogP contribution < -0.4 is 14.8 Å². The molecule has 0 fully saturated rings. The van der Waals surface area contributed by atoms with Gasteiger partial charge >= 0.3 is 0 Å². The topological polar surface area (TPSA) is 56.8 Å². The lowest BCUT2D eigenvalue weighted by molar-refractivity contribution is 0.0950. The zero-order valence-electron chi connectivity index (χ0n) is 15.7.